The number of benzene rings is 1. The zero-order chi connectivity index (χ0) is 20.6. The number of aliphatic hydroxyl groups is 1. The van der Waals surface area contributed by atoms with Crippen molar-refractivity contribution in [1.82, 2.24) is 15.5 Å². The Morgan fingerprint density at radius 1 is 1.21 bits per heavy atom. The number of anilines is 1. The number of hydrogen-bond donors (Lipinski definition) is 4. The van der Waals surface area contributed by atoms with Gasteiger partial charge in [-0.05, 0) is 44.9 Å². The third-order valence-electron chi connectivity index (χ3n) is 4.17. The highest BCUT2D eigenvalue weighted by atomic mass is 35.5. The lowest BCUT2D eigenvalue weighted by Gasteiger charge is -2.27. The van der Waals surface area contributed by atoms with Crippen molar-refractivity contribution < 1.29 is 14.6 Å². The summed E-state index contributed by atoms with van der Waals surface area (Å²) in [6, 6.07) is 8.94. The second kappa shape index (κ2) is 12.0. The number of rotatable bonds is 11. The molecule has 0 saturated heterocycles. The molecule has 0 aliphatic rings. The topological polar surface area (TPSA) is 115 Å². The summed E-state index contributed by atoms with van der Waals surface area (Å²) in [5.41, 5.74) is 3.10. The summed E-state index contributed by atoms with van der Waals surface area (Å²) in [6.45, 7) is 6.97. The number of β-amino-alcohol motifs (C(OH)–C–C–N with tert-alkyl or cyclic N) is 1. The SMILES string of the molecule is Cc1cccc(OCC(O)CNC(C)(C)CCOc2ccc(NN)nn2)c1Cl.Cl. The number of nitrogens with zero attached hydrogens (tertiary/aromatic N) is 2. The average molecular weight is 446 g/mol. The van der Waals surface area contributed by atoms with Crippen LogP contribution >= 0.6 is 24.0 Å². The van der Waals surface area contributed by atoms with Crippen LogP contribution in [0, 0.1) is 6.92 Å². The number of aromatic nitrogens is 2. The number of halogens is 2. The van der Waals surface area contributed by atoms with Gasteiger partial charge < -0.3 is 25.3 Å². The van der Waals surface area contributed by atoms with Gasteiger partial charge in [0.05, 0.1) is 11.6 Å². The molecule has 162 valence electrons. The number of aliphatic hydroxyl groups excluding tert-OH is 1. The molecule has 1 aromatic carbocycles. The van der Waals surface area contributed by atoms with E-state index in [0.717, 1.165) is 5.56 Å². The molecule has 0 aliphatic heterocycles. The summed E-state index contributed by atoms with van der Waals surface area (Å²) in [5, 5.41) is 21.8. The fraction of sp³-hybridized carbons (Fsp3) is 0.474. The molecule has 2 rings (SSSR count). The molecule has 2 aromatic rings. The van der Waals surface area contributed by atoms with Gasteiger partial charge in [0.1, 0.15) is 18.5 Å². The van der Waals surface area contributed by atoms with Crippen molar-refractivity contribution in [3.8, 4) is 11.6 Å². The molecule has 0 saturated carbocycles. The maximum atomic E-state index is 10.2. The van der Waals surface area contributed by atoms with Crippen LogP contribution in [0.2, 0.25) is 5.02 Å². The van der Waals surface area contributed by atoms with Gasteiger partial charge in [-0.3, -0.25) is 0 Å². The van der Waals surface area contributed by atoms with Crippen molar-refractivity contribution in [3.63, 3.8) is 0 Å². The molecule has 5 N–H and O–H groups in total. The van der Waals surface area contributed by atoms with Crippen molar-refractivity contribution in [3.05, 3.63) is 40.9 Å². The second-order valence-corrected chi connectivity index (χ2v) is 7.49. The maximum Gasteiger partial charge on any atom is 0.233 e. The zero-order valence-corrected chi connectivity index (χ0v) is 18.4. The van der Waals surface area contributed by atoms with Gasteiger partial charge in [-0.15, -0.1) is 22.6 Å². The van der Waals surface area contributed by atoms with Crippen LogP contribution in [-0.2, 0) is 0 Å². The fourth-order valence-electron chi connectivity index (χ4n) is 2.34. The molecule has 10 heteroatoms. The van der Waals surface area contributed by atoms with E-state index >= 15 is 0 Å². The number of aryl methyl sites for hydroxylation is 1. The Hall–Kier alpha value is -1.84. The zero-order valence-electron chi connectivity index (χ0n) is 16.8. The predicted octanol–water partition coefficient (Wildman–Crippen LogP) is 2.72. The summed E-state index contributed by atoms with van der Waals surface area (Å²) in [5.74, 6) is 6.72. The van der Waals surface area contributed by atoms with E-state index in [1.54, 1.807) is 18.2 Å². The van der Waals surface area contributed by atoms with E-state index in [-0.39, 0.29) is 24.6 Å². The molecule has 1 atom stereocenters. The van der Waals surface area contributed by atoms with Gasteiger partial charge in [-0.2, -0.15) is 0 Å². The molecule has 0 fully saturated rings. The van der Waals surface area contributed by atoms with E-state index in [9.17, 15) is 5.11 Å². The highest BCUT2D eigenvalue weighted by molar-refractivity contribution is 6.32. The first kappa shape index (κ1) is 25.2. The van der Waals surface area contributed by atoms with Crippen molar-refractivity contribution in [2.45, 2.75) is 38.8 Å². The first-order chi connectivity index (χ1) is 13.3. The highest BCUT2D eigenvalue weighted by Gasteiger charge is 2.19. The predicted molar refractivity (Wildman–Crippen MR) is 117 cm³/mol. The van der Waals surface area contributed by atoms with E-state index < -0.39 is 6.10 Å². The van der Waals surface area contributed by atoms with E-state index in [1.807, 2.05) is 32.9 Å². The van der Waals surface area contributed by atoms with Crippen molar-refractivity contribution in [2.24, 2.45) is 5.84 Å². The second-order valence-electron chi connectivity index (χ2n) is 7.12. The number of ether oxygens (including phenoxy) is 2. The number of nitrogens with one attached hydrogen (secondary N) is 2. The normalized spacial score (nSPS) is 12.1. The van der Waals surface area contributed by atoms with Crippen LogP contribution in [0.25, 0.3) is 0 Å². The first-order valence-corrected chi connectivity index (χ1v) is 9.42. The van der Waals surface area contributed by atoms with Gasteiger partial charge in [0.15, 0.2) is 5.82 Å². The number of nitrogen functional groups attached to an aromatic ring is 1. The molecular formula is C19H29Cl2N5O3. The Bertz CT molecular complexity index is 747. The lowest BCUT2D eigenvalue weighted by atomic mass is 10.0. The number of hydrazine groups is 1. The van der Waals surface area contributed by atoms with Gasteiger partial charge >= 0.3 is 0 Å². The molecular weight excluding hydrogens is 417 g/mol. The molecule has 8 nitrogen and oxygen atoms in total. The first-order valence-electron chi connectivity index (χ1n) is 9.05. The molecule has 0 aliphatic carbocycles. The summed E-state index contributed by atoms with van der Waals surface area (Å²) in [4.78, 5) is 0. The van der Waals surface area contributed by atoms with Crippen LogP contribution in [0.1, 0.15) is 25.8 Å². The minimum Gasteiger partial charge on any atom is -0.489 e. The van der Waals surface area contributed by atoms with Crippen LogP contribution in [0.4, 0.5) is 5.82 Å². The molecule has 1 aromatic heterocycles. The Kier molecular flexibility index (Phi) is 10.4. The third kappa shape index (κ3) is 8.59. The minimum absolute atomic E-state index is 0. The number of hydrogen-bond acceptors (Lipinski definition) is 8. The van der Waals surface area contributed by atoms with Gasteiger partial charge in [-0.1, -0.05) is 23.7 Å². The van der Waals surface area contributed by atoms with E-state index in [2.05, 4.69) is 20.9 Å². The lowest BCUT2D eigenvalue weighted by Crippen LogP contribution is -2.45. The van der Waals surface area contributed by atoms with E-state index in [1.165, 1.54) is 0 Å². The summed E-state index contributed by atoms with van der Waals surface area (Å²) >= 11 is 6.20. The van der Waals surface area contributed by atoms with Gasteiger partial charge in [0.25, 0.3) is 0 Å². The largest absolute Gasteiger partial charge is 0.489 e. The number of nitrogens with two attached hydrogens (primary N) is 1. The molecule has 0 radical (unpaired) electrons. The molecule has 0 bridgehead atoms. The Labute approximate surface area is 182 Å². The minimum atomic E-state index is -0.668. The van der Waals surface area contributed by atoms with Gasteiger partial charge in [0, 0.05) is 18.2 Å². The Morgan fingerprint density at radius 3 is 2.62 bits per heavy atom. The molecule has 0 amide bonds. The molecule has 1 heterocycles. The van der Waals surface area contributed by atoms with Crippen molar-refractivity contribution in [2.75, 3.05) is 25.2 Å². The van der Waals surface area contributed by atoms with Gasteiger partial charge in [-0.25, -0.2) is 5.84 Å². The maximum absolute atomic E-state index is 10.2. The Balaban J connectivity index is 0.00000420. The average Bonchev–Trinajstić information content (AvgIpc) is 2.68. The van der Waals surface area contributed by atoms with E-state index in [4.69, 9.17) is 26.9 Å². The summed E-state index contributed by atoms with van der Waals surface area (Å²) < 4.78 is 11.2. The standard InChI is InChI=1S/C19H28ClN5O3.ClH/c1-13-5-4-6-15(18(13)20)28-12-14(26)11-22-19(2,3)9-10-27-17-8-7-16(23-21)24-25-17;/h4-8,14,22,26H,9-12,21H2,1-3H3,(H,23,24);1H. The summed E-state index contributed by atoms with van der Waals surface area (Å²) in [7, 11) is 0. The quantitative estimate of drug-likeness (QED) is 0.308. The van der Waals surface area contributed by atoms with Gasteiger partial charge in [0.2, 0.25) is 5.88 Å². The molecule has 1 unspecified atom stereocenters. The molecule has 29 heavy (non-hydrogen) atoms. The fourth-order valence-corrected chi connectivity index (χ4v) is 2.52. The third-order valence-corrected chi connectivity index (χ3v) is 4.65. The van der Waals surface area contributed by atoms with Crippen LogP contribution in [0.15, 0.2) is 30.3 Å². The lowest BCUT2D eigenvalue weighted by molar-refractivity contribution is 0.0964. The highest BCUT2D eigenvalue weighted by Crippen LogP contribution is 2.27. The molecule has 0 spiro atoms. The van der Waals surface area contributed by atoms with Crippen LogP contribution < -0.4 is 26.1 Å². The monoisotopic (exact) mass is 445 g/mol. The van der Waals surface area contributed by atoms with Crippen molar-refractivity contribution in [1.29, 1.82) is 0 Å². The van der Waals surface area contributed by atoms with Crippen LogP contribution in [0.3, 0.4) is 0 Å². The Morgan fingerprint density at radius 2 is 1.97 bits per heavy atom. The van der Waals surface area contributed by atoms with Crippen LogP contribution in [0.5, 0.6) is 11.6 Å². The van der Waals surface area contributed by atoms with Crippen molar-refractivity contribution >= 4 is 29.8 Å². The van der Waals surface area contributed by atoms with E-state index in [0.29, 0.717) is 42.0 Å². The summed E-state index contributed by atoms with van der Waals surface area (Å²) in [6.07, 6.45) is 0.0435. The van der Waals surface area contributed by atoms with Crippen LogP contribution in [-0.4, -0.2) is 46.7 Å². The smallest absolute Gasteiger partial charge is 0.233 e.